The molecule has 0 saturated carbocycles. The smallest absolute Gasteiger partial charge is 0.149 e. The van der Waals surface area contributed by atoms with E-state index in [1.165, 1.54) is 10.8 Å². The van der Waals surface area contributed by atoms with Crippen LogP contribution in [0.15, 0.2) is 54.6 Å². The van der Waals surface area contributed by atoms with Crippen LogP contribution in [0.1, 0.15) is 0 Å². The van der Waals surface area contributed by atoms with Crippen LogP contribution in [0, 0.1) is 0 Å². The Hall–Kier alpha value is -1.93. The Morgan fingerprint density at radius 1 is 0.765 bits per heavy atom. The van der Waals surface area contributed by atoms with Gasteiger partial charge >= 0.3 is 0 Å². The second-order valence-electron chi connectivity index (χ2n) is 3.77. The number of hydrogen-bond donors (Lipinski definition) is 0. The Balaban J connectivity index is 2.27. The van der Waals surface area contributed by atoms with E-state index < -0.39 is 0 Å². The third-order valence-corrected chi connectivity index (χ3v) is 2.90. The highest BCUT2D eigenvalue weighted by Gasteiger charge is 2.04. The molecule has 0 spiro atoms. The highest BCUT2D eigenvalue weighted by Crippen LogP contribution is 2.26. The Morgan fingerprint density at radius 3 is 2.41 bits per heavy atom. The molecular formula is C14H9ClN2. The first kappa shape index (κ1) is 10.2. The van der Waals surface area contributed by atoms with Crippen molar-refractivity contribution < 1.29 is 0 Å². The van der Waals surface area contributed by atoms with Gasteiger partial charge in [-0.3, -0.25) is 0 Å². The number of fused-ring (bicyclic) bond motifs is 1. The van der Waals surface area contributed by atoms with Gasteiger partial charge in [-0.1, -0.05) is 54.1 Å². The molecular weight excluding hydrogens is 232 g/mol. The SMILES string of the molecule is Clc1ccc(-c2cccc3ccccc23)nn1. The molecule has 0 radical (unpaired) electrons. The van der Waals surface area contributed by atoms with E-state index >= 15 is 0 Å². The minimum absolute atomic E-state index is 0.411. The molecule has 0 atom stereocenters. The number of rotatable bonds is 1. The number of halogens is 1. The van der Waals surface area contributed by atoms with Gasteiger partial charge in [0, 0.05) is 5.56 Å². The molecule has 3 heteroatoms. The van der Waals surface area contributed by atoms with Crippen LogP contribution in [0.25, 0.3) is 22.0 Å². The van der Waals surface area contributed by atoms with Gasteiger partial charge in [-0.05, 0) is 22.9 Å². The van der Waals surface area contributed by atoms with Crippen molar-refractivity contribution in [3.05, 3.63) is 59.8 Å². The molecule has 0 aliphatic carbocycles. The monoisotopic (exact) mass is 240 g/mol. The lowest BCUT2D eigenvalue weighted by Gasteiger charge is -2.04. The summed E-state index contributed by atoms with van der Waals surface area (Å²) in [5.41, 5.74) is 1.92. The van der Waals surface area contributed by atoms with Gasteiger partial charge in [0.2, 0.25) is 0 Å². The predicted molar refractivity (Wildman–Crippen MR) is 70.0 cm³/mol. The maximum absolute atomic E-state index is 5.74. The third kappa shape index (κ3) is 1.87. The lowest BCUT2D eigenvalue weighted by Crippen LogP contribution is -1.88. The molecule has 0 aliphatic rings. The minimum Gasteiger partial charge on any atom is -0.149 e. The molecule has 17 heavy (non-hydrogen) atoms. The number of benzene rings is 2. The lowest BCUT2D eigenvalue weighted by molar-refractivity contribution is 1.04. The van der Waals surface area contributed by atoms with Crippen LogP contribution in [0.3, 0.4) is 0 Å². The molecule has 0 amide bonds. The fraction of sp³-hybridized carbons (Fsp3) is 0. The van der Waals surface area contributed by atoms with Crippen LogP contribution in [0.5, 0.6) is 0 Å². The Labute approximate surface area is 104 Å². The zero-order valence-corrected chi connectivity index (χ0v) is 9.72. The van der Waals surface area contributed by atoms with E-state index in [-0.39, 0.29) is 0 Å². The van der Waals surface area contributed by atoms with E-state index in [1.54, 1.807) is 6.07 Å². The van der Waals surface area contributed by atoms with Gasteiger partial charge in [0.1, 0.15) is 0 Å². The molecule has 0 bridgehead atoms. The fourth-order valence-electron chi connectivity index (χ4n) is 1.91. The maximum atomic E-state index is 5.74. The van der Waals surface area contributed by atoms with Crippen molar-refractivity contribution in [1.29, 1.82) is 0 Å². The normalized spacial score (nSPS) is 10.6. The van der Waals surface area contributed by atoms with Gasteiger partial charge in [-0.2, -0.15) is 0 Å². The van der Waals surface area contributed by atoms with Crippen molar-refractivity contribution in [2.75, 3.05) is 0 Å². The molecule has 1 aromatic heterocycles. The van der Waals surface area contributed by atoms with Gasteiger partial charge in [0.25, 0.3) is 0 Å². The largest absolute Gasteiger partial charge is 0.151 e. The highest BCUT2D eigenvalue weighted by atomic mass is 35.5. The van der Waals surface area contributed by atoms with E-state index in [0.717, 1.165) is 11.3 Å². The van der Waals surface area contributed by atoms with Crippen LogP contribution >= 0.6 is 11.6 Å². The molecule has 2 nitrogen and oxygen atoms in total. The highest BCUT2D eigenvalue weighted by molar-refractivity contribution is 6.29. The van der Waals surface area contributed by atoms with Gasteiger partial charge in [0.15, 0.2) is 5.15 Å². The topological polar surface area (TPSA) is 25.8 Å². The summed E-state index contributed by atoms with van der Waals surface area (Å²) in [6, 6.07) is 18.0. The van der Waals surface area contributed by atoms with Gasteiger partial charge in [0.05, 0.1) is 5.69 Å². The Kier molecular flexibility index (Phi) is 2.50. The third-order valence-electron chi connectivity index (χ3n) is 2.70. The maximum Gasteiger partial charge on any atom is 0.151 e. The molecule has 1 heterocycles. The predicted octanol–water partition coefficient (Wildman–Crippen LogP) is 3.95. The lowest BCUT2D eigenvalue weighted by atomic mass is 10.0. The van der Waals surface area contributed by atoms with Gasteiger partial charge in [-0.15, -0.1) is 10.2 Å². The Morgan fingerprint density at radius 2 is 1.59 bits per heavy atom. The summed E-state index contributed by atoms with van der Waals surface area (Å²) in [6.45, 7) is 0. The average Bonchev–Trinajstić information content (AvgIpc) is 2.39. The molecule has 0 fully saturated rings. The average molecular weight is 241 g/mol. The first-order valence-electron chi connectivity index (χ1n) is 5.32. The van der Waals surface area contributed by atoms with E-state index in [1.807, 2.05) is 30.3 Å². The summed E-state index contributed by atoms with van der Waals surface area (Å²) in [6.07, 6.45) is 0. The quantitative estimate of drug-likeness (QED) is 0.644. The van der Waals surface area contributed by atoms with Crippen molar-refractivity contribution in [2.45, 2.75) is 0 Å². The van der Waals surface area contributed by atoms with E-state index in [9.17, 15) is 0 Å². The zero-order chi connectivity index (χ0) is 11.7. The first-order valence-corrected chi connectivity index (χ1v) is 5.70. The second-order valence-corrected chi connectivity index (χ2v) is 4.16. The first-order chi connectivity index (χ1) is 8.34. The molecule has 2 aromatic carbocycles. The van der Waals surface area contributed by atoms with Crippen LogP contribution in [0.4, 0.5) is 0 Å². The second kappa shape index (κ2) is 4.15. The number of hydrogen-bond acceptors (Lipinski definition) is 2. The molecule has 3 aromatic rings. The van der Waals surface area contributed by atoms with Crippen molar-refractivity contribution in [3.63, 3.8) is 0 Å². The van der Waals surface area contributed by atoms with Gasteiger partial charge < -0.3 is 0 Å². The molecule has 0 unspecified atom stereocenters. The zero-order valence-electron chi connectivity index (χ0n) is 8.97. The summed E-state index contributed by atoms with van der Waals surface area (Å²) < 4.78 is 0. The summed E-state index contributed by atoms with van der Waals surface area (Å²) in [7, 11) is 0. The summed E-state index contributed by atoms with van der Waals surface area (Å²) in [5, 5.41) is 10.8. The molecule has 3 rings (SSSR count). The minimum atomic E-state index is 0.411. The van der Waals surface area contributed by atoms with E-state index in [0.29, 0.717) is 5.15 Å². The van der Waals surface area contributed by atoms with Crippen LogP contribution < -0.4 is 0 Å². The van der Waals surface area contributed by atoms with Crippen LogP contribution in [0.2, 0.25) is 5.15 Å². The number of aromatic nitrogens is 2. The standard InChI is InChI=1S/C14H9ClN2/c15-14-9-8-13(16-17-14)12-7-3-5-10-4-1-2-6-11(10)12/h1-9H. The van der Waals surface area contributed by atoms with Crippen molar-refractivity contribution in [1.82, 2.24) is 10.2 Å². The molecule has 0 N–H and O–H groups in total. The van der Waals surface area contributed by atoms with E-state index in [4.69, 9.17) is 11.6 Å². The van der Waals surface area contributed by atoms with Crippen molar-refractivity contribution in [3.8, 4) is 11.3 Å². The molecule has 0 saturated heterocycles. The summed E-state index contributed by atoms with van der Waals surface area (Å²) in [4.78, 5) is 0. The number of nitrogens with zero attached hydrogens (tertiary/aromatic N) is 2. The Bertz CT molecular complexity index is 657. The summed E-state index contributed by atoms with van der Waals surface area (Å²) in [5.74, 6) is 0. The van der Waals surface area contributed by atoms with E-state index in [2.05, 4.69) is 28.4 Å². The molecule has 82 valence electrons. The molecule has 0 aliphatic heterocycles. The summed E-state index contributed by atoms with van der Waals surface area (Å²) >= 11 is 5.74. The van der Waals surface area contributed by atoms with Gasteiger partial charge in [-0.25, -0.2) is 0 Å². The van der Waals surface area contributed by atoms with Crippen molar-refractivity contribution >= 4 is 22.4 Å². The van der Waals surface area contributed by atoms with Crippen LogP contribution in [-0.2, 0) is 0 Å². The fourth-order valence-corrected chi connectivity index (χ4v) is 2.01. The van der Waals surface area contributed by atoms with Crippen LogP contribution in [-0.4, -0.2) is 10.2 Å². The van der Waals surface area contributed by atoms with Crippen molar-refractivity contribution in [2.24, 2.45) is 0 Å².